The second-order valence-electron chi connectivity index (χ2n) is 6.98. The summed E-state index contributed by atoms with van der Waals surface area (Å²) >= 11 is 5.56. The minimum Gasteiger partial charge on any atom is -0.508 e. The summed E-state index contributed by atoms with van der Waals surface area (Å²) in [5.41, 5.74) is 5.04. The number of hydrogen-bond donors (Lipinski definition) is 3. The van der Waals surface area contributed by atoms with Gasteiger partial charge in [-0.05, 0) is 61.0 Å². The molecule has 0 saturated carbocycles. The van der Waals surface area contributed by atoms with Gasteiger partial charge < -0.3 is 20.1 Å². The van der Waals surface area contributed by atoms with Gasteiger partial charge in [-0.3, -0.25) is 4.90 Å². The van der Waals surface area contributed by atoms with Crippen LogP contribution in [-0.2, 0) is 19.9 Å². The van der Waals surface area contributed by atoms with Crippen LogP contribution in [0, 0.1) is 0 Å². The van der Waals surface area contributed by atoms with Crippen LogP contribution in [0.5, 0.6) is 11.5 Å². The SMILES string of the molecule is C=C(c1cc(CC)c(O)cc1O)N(C(=S)NC)c1ccc2c(c1)cc(CC)n2C. The van der Waals surface area contributed by atoms with E-state index in [1.54, 1.807) is 18.0 Å². The first-order valence-corrected chi connectivity index (χ1v) is 10.1. The van der Waals surface area contributed by atoms with Gasteiger partial charge in [0.1, 0.15) is 11.5 Å². The zero-order valence-electron chi connectivity index (χ0n) is 17.3. The highest BCUT2D eigenvalue weighted by atomic mass is 32.1. The Balaban J connectivity index is 2.13. The lowest BCUT2D eigenvalue weighted by molar-refractivity contribution is 0.445. The van der Waals surface area contributed by atoms with Crippen molar-refractivity contribution in [3.63, 3.8) is 0 Å². The van der Waals surface area contributed by atoms with Gasteiger partial charge >= 0.3 is 0 Å². The standard InChI is InChI=1S/C23H27N3O2S/c1-6-15-12-19(22(28)13-21(15)27)14(3)26(23(29)24-4)18-8-9-20-16(11-18)10-17(7-2)25(20)5/h8-13,27-28H,3,6-7H2,1-2,4-5H3,(H,24,29). The highest BCUT2D eigenvalue weighted by molar-refractivity contribution is 7.80. The van der Waals surface area contributed by atoms with Crippen molar-refractivity contribution < 1.29 is 10.2 Å². The van der Waals surface area contributed by atoms with E-state index in [1.807, 2.05) is 13.0 Å². The lowest BCUT2D eigenvalue weighted by Crippen LogP contribution is -2.36. The Bertz CT molecular complexity index is 1100. The average Bonchev–Trinajstić information content (AvgIpc) is 3.03. The summed E-state index contributed by atoms with van der Waals surface area (Å²) in [5.74, 6) is 0.0322. The number of rotatable bonds is 5. The number of phenols is 2. The molecule has 0 aliphatic heterocycles. The number of aryl methyl sites for hydroxylation is 3. The quantitative estimate of drug-likeness (QED) is 0.534. The van der Waals surface area contributed by atoms with Crippen LogP contribution in [0.15, 0.2) is 43.0 Å². The van der Waals surface area contributed by atoms with E-state index < -0.39 is 0 Å². The number of phenolic OH excluding ortho intramolecular Hbond substituents is 2. The predicted molar refractivity (Wildman–Crippen MR) is 125 cm³/mol. The number of benzene rings is 2. The molecule has 0 fully saturated rings. The van der Waals surface area contributed by atoms with E-state index in [1.165, 1.54) is 11.8 Å². The number of nitrogens with one attached hydrogen (secondary N) is 1. The maximum Gasteiger partial charge on any atom is 0.177 e. The van der Waals surface area contributed by atoms with Crippen LogP contribution in [0.25, 0.3) is 16.6 Å². The number of aromatic nitrogens is 1. The number of hydrogen-bond acceptors (Lipinski definition) is 3. The summed E-state index contributed by atoms with van der Waals surface area (Å²) in [6.07, 6.45) is 1.59. The second-order valence-corrected chi connectivity index (χ2v) is 7.37. The van der Waals surface area contributed by atoms with Crippen LogP contribution in [0.4, 0.5) is 5.69 Å². The third-order valence-electron chi connectivity index (χ3n) is 5.32. The Morgan fingerprint density at radius 1 is 1.10 bits per heavy atom. The number of aromatic hydroxyl groups is 2. The Labute approximate surface area is 176 Å². The van der Waals surface area contributed by atoms with Gasteiger partial charge in [0.25, 0.3) is 0 Å². The van der Waals surface area contributed by atoms with Gasteiger partial charge in [-0.2, -0.15) is 0 Å². The van der Waals surface area contributed by atoms with Gasteiger partial charge in [-0.15, -0.1) is 0 Å². The lowest BCUT2D eigenvalue weighted by Gasteiger charge is -2.28. The highest BCUT2D eigenvalue weighted by Gasteiger charge is 2.21. The minimum atomic E-state index is -0.0392. The number of thiocarbonyl (C=S) groups is 1. The smallest absolute Gasteiger partial charge is 0.177 e. The van der Waals surface area contributed by atoms with Crippen LogP contribution >= 0.6 is 12.2 Å². The van der Waals surface area contributed by atoms with Crippen LogP contribution < -0.4 is 10.2 Å². The van der Waals surface area contributed by atoms with Gasteiger partial charge in [-0.1, -0.05) is 20.4 Å². The third-order valence-corrected chi connectivity index (χ3v) is 5.71. The van der Waals surface area contributed by atoms with Crippen LogP contribution in [0.3, 0.4) is 0 Å². The summed E-state index contributed by atoms with van der Waals surface area (Å²) in [4.78, 5) is 1.80. The van der Waals surface area contributed by atoms with E-state index in [9.17, 15) is 10.2 Å². The molecular weight excluding hydrogens is 382 g/mol. The van der Waals surface area contributed by atoms with Gasteiger partial charge in [0, 0.05) is 48.0 Å². The largest absolute Gasteiger partial charge is 0.508 e. The fraction of sp³-hybridized carbons (Fsp3) is 0.261. The maximum atomic E-state index is 10.5. The van der Waals surface area contributed by atoms with Gasteiger partial charge in [0.2, 0.25) is 0 Å². The van der Waals surface area contributed by atoms with Gasteiger partial charge in [0.15, 0.2) is 5.11 Å². The minimum absolute atomic E-state index is 0.0392. The van der Waals surface area contributed by atoms with Crippen molar-refractivity contribution in [3.05, 3.63) is 59.8 Å². The van der Waals surface area contributed by atoms with E-state index in [4.69, 9.17) is 12.2 Å². The maximum absolute atomic E-state index is 10.5. The molecule has 29 heavy (non-hydrogen) atoms. The molecule has 0 aliphatic rings. The van der Waals surface area contributed by atoms with Gasteiger partial charge in [-0.25, -0.2) is 0 Å². The predicted octanol–water partition coefficient (Wildman–Crippen LogP) is 4.70. The topological polar surface area (TPSA) is 60.7 Å². The number of nitrogens with zero attached hydrogens (tertiary/aromatic N) is 2. The molecule has 0 bridgehead atoms. The second kappa shape index (κ2) is 8.17. The third kappa shape index (κ3) is 3.68. The van der Waals surface area contributed by atoms with E-state index in [2.05, 4.69) is 48.6 Å². The monoisotopic (exact) mass is 409 g/mol. The molecule has 0 amide bonds. The molecule has 2 aromatic carbocycles. The molecule has 0 saturated heterocycles. The van der Waals surface area contributed by atoms with Crippen LogP contribution in [-0.4, -0.2) is 26.9 Å². The lowest BCUT2D eigenvalue weighted by atomic mass is 10.0. The molecule has 0 aliphatic carbocycles. The van der Waals surface area contributed by atoms with E-state index in [0.717, 1.165) is 28.6 Å². The fourth-order valence-corrected chi connectivity index (χ4v) is 3.85. The normalized spacial score (nSPS) is 10.9. The molecule has 152 valence electrons. The first-order valence-electron chi connectivity index (χ1n) is 9.66. The summed E-state index contributed by atoms with van der Waals surface area (Å²) in [5, 5.41) is 25.1. The van der Waals surface area contributed by atoms with Crippen molar-refractivity contribution >= 4 is 39.6 Å². The zero-order chi connectivity index (χ0) is 21.3. The highest BCUT2D eigenvalue weighted by Crippen LogP contribution is 2.36. The van der Waals surface area contributed by atoms with Crippen LogP contribution in [0.1, 0.15) is 30.7 Å². The molecule has 0 spiro atoms. The van der Waals surface area contributed by atoms with Crippen molar-refractivity contribution in [3.8, 4) is 11.5 Å². The van der Waals surface area contributed by atoms with Crippen molar-refractivity contribution in [1.82, 2.24) is 9.88 Å². The molecule has 1 aromatic heterocycles. The van der Waals surface area contributed by atoms with E-state index in [0.29, 0.717) is 22.8 Å². The van der Waals surface area contributed by atoms with Crippen LogP contribution in [0.2, 0.25) is 0 Å². The van der Waals surface area contributed by atoms with E-state index >= 15 is 0 Å². The Hall–Kier alpha value is -2.99. The van der Waals surface area contributed by atoms with E-state index in [-0.39, 0.29) is 11.5 Å². The van der Waals surface area contributed by atoms with Crippen molar-refractivity contribution in [2.75, 3.05) is 11.9 Å². The molecule has 1 heterocycles. The molecule has 3 N–H and O–H groups in total. The summed E-state index contributed by atoms with van der Waals surface area (Å²) in [7, 11) is 3.82. The molecule has 5 nitrogen and oxygen atoms in total. The Morgan fingerprint density at radius 3 is 2.45 bits per heavy atom. The van der Waals surface area contributed by atoms with Crippen molar-refractivity contribution in [2.45, 2.75) is 26.7 Å². The number of anilines is 1. The number of fused-ring (bicyclic) bond motifs is 1. The fourth-order valence-electron chi connectivity index (χ4n) is 3.64. The summed E-state index contributed by atoms with van der Waals surface area (Å²) in [6.45, 7) is 8.29. The first kappa shape index (κ1) is 20.7. The Kier molecular flexibility index (Phi) is 5.84. The zero-order valence-corrected chi connectivity index (χ0v) is 18.1. The molecule has 3 rings (SSSR count). The molecule has 0 unspecified atom stereocenters. The summed E-state index contributed by atoms with van der Waals surface area (Å²) < 4.78 is 2.19. The van der Waals surface area contributed by atoms with Gasteiger partial charge in [0.05, 0.1) is 5.70 Å². The Morgan fingerprint density at radius 2 is 1.83 bits per heavy atom. The molecule has 0 atom stereocenters. The van der Waals surface area contributed by atoms with Crippen molar-refractivity contribution in [1.29, 1.82) is 0 Å². The molecule has 0 radical (unpaired) electrons. The molecule has 3 aromatic rings. The first-order chi connectivity index (χ1) is 13.8. The van der Waals surface area contributed by atoms with Crippen molar-refractivity contribution in [2.24, 2.45) is 7.05 Å². The summed E-state index contributed by atoms with van der Waals surface area (Å²) in [6, 6.07) is 11.4. The molecule has 6 heteroatoms. The molecular formula is C23H27N3O2S. The average molecular weight is 410 g/mol.